The normalized spacial score (nSPS) is 20.9. The van der Waals surface area contributed by atoms with Crippen LogP contribution in [-0.4, -0.2) is 31.9 Å². The number of benzene rings is 1. The molecule has 2 N–H and O–H groups in total. The highest BCUT2D eigenvalue weighted by Crippen LogP contribution is 2.38. The maximum Gasteiger partial charge on any atom is 0.416 e. The largest absolute Gasteiger partial charge is 0.416 e. The molecule has 130 valence electrons. The summed E-state index contributed by atoms with van der Waals surface area (Å²) in [6, 6.07) is -0.213. The van der Waals surface area contributed by atoms with Crippen LogP contribution in [0, 0.1) is 0 Å². The zero-order valence-corrected chi connectivity index (χ0v) is 12.3. The van der Waals surface area contributed by atoms with Gasteiger partial charge in [0.05, 0.1) is 16.0 Å². The maximum atomic E-state index is 12.8. The predicted molar refractivity (Wildman–Crippen MR) is 67.8 cm³/mol. The molecule has 23 heavy (non-hydrogen) atoms. The Bertz CT molecular complexity index is 666. The van der Waals surface area contributed by atoms with Crippen molar-refractivity contribution in [2.45, 2.75) is 29.7 Å². The van der Waals surface area contributed by atoms with Crippen molar-refractivity contribution in [3.63, 3.8) is 0 Å². The molecule has 1 aromatic carbocycles. The van der Waals surface area contributed by atoms with Gasteiger partial charge in [-0.05, 0) is 24.6 Å². The van der Waals surface area contributed by atoms with E-state index in [9.17, 15) is 34.8 Å². The van der Waals surface area contributed by atoms with Crippen LogP contribution in [0.25, 0.3) is 0 Å². The third kappa shape index (κ3) is 3.78. The molecule has 2 rings (SSSR count). The molecule has 1 aliphatic rings. The van der Waals surface area contributed by atoms with Crippen molar-refractivity contribution in [1.82, 2.24) is 4.31 Å². The lowest BCUT2D eigenvalue weighted by Crippen LogP contribution is -2.32. The van der Waals surface area contributed by atoms with Crippen LogP contribution in [-0.2, 0) is 22.4 Å². The van der Waals surface area contributed by atoms with Gasteiger partial charge in [0, 0.05) is 19.1 Å². The smallest absolute Gasteiger partial charge is 0.326 e. The summed E-state index contributed by atoms with van der Waals surface area (Å²) in [4.78, 5) is -1.05. The molecule has 0 unspecified atom stereocenters. The lowest BCUT2D eigenvalue weighted by molar-refractivity contribution is -0.143. The lowest BCUT2D eigenvalue weighted by Gasteiger charge is -2.19. The first-order valence-electron chi connectivity index (χ1n) is 6.37. The average Bonchev–Trinajstić information content (AvgIpc) is 2.83. The predicted octanol–water partition coefficient (Wildman–Crippen LogP) is 2.45. The van der Waals surface area contributed by atoms with Crippen molar-refractivity contribution in [3.05, 3.63) is 29.3 Å². The first-order valence-corrected chi connectivity index (χ1v) is 7.81. The van der Waals surface area contributed by atoms with Gasteiger partial charge in [0.25, 0.3) is 0 Å². The fourth-order valence-corrected chi connectivity index (χ4v) is 3.78. The van der Waals surface area contributed by atoms with Crippen LogP contribution in [0.2, 0.25) is 0 Å². The van der Waals surface area contributed by atoms with Gasteiger partial charge in [-0.3, -0.25) is 0 Å². The van der Waals surface area contributed by atoms with E-state index in [1.807, 2.05) is 0 Å². The van der Waals surface area contributed by atoms with Gasteiger partial charge in [-0.1, -0.05) is 0 Å². The van der Waals surface area contributed by atoms with Gasteiger partial charge in [0.1, 0.15) is 0 Å². The Morgan fingerprint density at radius 2 is 1.48 bits per heavy atom. The van der Waals surface area contributed by atoms with Crippen molar-refractivity contribution in [3.8, 4) is 0 Å². The Hall–Kier alpha value is -1.33. The molecule has 0 radical (unpaired) electrons. The topological polar surface area (TPSA) is 63.4 Å². The van der Waals surface area contributed by atoms with E-state index in [1.165, 1.54) is 0 Å². The van der Waals surface area contributed by atoms with E-state index in [4.69, 9.17) is 5.73 Å². The summed E-state index contributed by atoms with van der Waals surface area (Å²) in [5.74, 6) is 0. The summed E-state index contributed by atoms with van der Waals surface area (Å²) in [6.45, 7) is -0.207. The molecule has 0 amide bonds. The van der Waals surface area contributed by atoms with Gasteiger partial charge in [-0.2, -0.15) is 30.6 Å². The Labute approximate surface area is 127 Å². The summed E-state index contributed by atoms with van der Waals surface area (Å²) in [5, 5.41) is 0. The van der Waals surface area contributed by atoms with E-state index in [2.05, 4.69) is 0 Å². The molecule has 1 aromatic rings. The minimum absolute atomic E-state index is 0.0545. The maximum absolute atomic E-state index is 12.8. The van der Waals surface area contributed by atoms with Crippen molar-refractivity contribution >= 4 is 10.0 Å². The number of rotatable bonds is 2. The zero-order valence-electron chi connectivity index (χ0n) is 11.4. The lowest BCUT2D eigenvalue weighted by atomic mass is 10.1. The molecule has 0 spiro atoms. The van der Waals surface area contributed by atoms with Gasteiger partial charge in [0.15, 0.2) is 0 Å². The van der Waals surface area contributed by atoms with Crippen LogP contribution in [0.5, 0.6) is 0 Å². The summed E-state index contributed by atoms with van der Waals surface area (Å²) in [6.07, 6.45) is -9.93. The fourth-order valence-electron chi connectivity index (χ4n) is 2.20. The Balaban J connectivity index is 2.58. The Morgan fingerprint density at radius 3 is 1.83 bits per heavy atom. The number of halogens is 6. The highest BCUT2D eigenvalue weighted by molar-refractivity contribution is 7.89. The zero-order chi connectivity index (χ0) is 17.6. The SMILES string of the molecule is N[C@H]1CCN(S(=O)(=O)c2cc(C(F)(F)F)cc(C(F)(F)F)c2)C1. The van der Waals surface area contributed by atoms with Gasteiger partial charge in [-0.15, -0.1) is 0 Å². The molecule has 1 heterocycles. The molecular formula is C12H12F6N2O2S. The number of nitrogens with two attached hydrogens (primary N) is 1. The number of hydrogen-bond acceptors (Lipinski definition) is 3. The minimum atomic E-state index is -5.10. The monoisotopic (exact) mass is 362 g/mol. The molecule has 0 aliphatic carbocycles. The quantitative estimate of drug-likeness (QED) is 0.822. The van der Waals surface area contributed by atoms with Crippen molar-refractivity contribution < 1.29 is 34.8 Å². The second-order valence-electron chi connectivity index (χ2n) is 5.15. The van der Waals surface area contributed by atoms with Crippen LogP contribution in [0.1, 0.15) is 17.5 Å². The van der Waals surface area contributed by atoms with Gasteiger partial charge >= 0.3 is 12.4 Å². The second-order valence-corrected chi connectivity index (χ2v) is 7.09. The van der Waals surface area contributed by atoms with Gasteiger partial charge < -0.3 is 5.73 Å². The molecule has 11 heteroatoms. The number of hydrogen-bond donors (Lipinski definition) is 1. The van der Waals surface area contributed by atoms with E-state index < -0.39 is 44.4 Å². The molecule has 4 nitrogen and oxygen atoms in total. The van der Waals surface area contributed by atoms with Crippen molar-refractivity contribution in [2.24, 2.45) is 5.73 Å². The minimum Gasteiger partial charge on any atom is -0.326 e. The molecule has 1 atom stereocenters. The number of nitrogens with zero attached hydrogens (tertiary/aromatic N) is 1. The third-order valence-corrected chi connectivity index (χ3v) is 5.23. The third-order valence-electron chi connectivity index (χ3n) is 3.39. The van der Waals surface area contributed by atoms with E-state index in [0.717, 1.165) is 4.31 Å². The van der Waals surface area contributed by atoms with Crippen LogP contribution in [0.15, 0.2) is 23.1 Å². The van der Waals surface area contributed by atoms with Crippen LogP contribution < -0.4 is 5.73 Å². The first kappa shape index (κ1) is 18.0. The van der Waals surface area contributed by atoms with E-state index in [1.54, 1.807) is 0 Å². The summed E-state index contributed by atoms with van der Waals surface area (Å²) < 4.78 is 102. The molecule has 0 aromatic heterocycles. The molecule has 1 saturated heterocycles. The fraction of sp³-hybridized carbons (Fsp3) is 0.500. The molecule has 0 saturated carbocycles. The number of alkyl halides is 6. The molecular weight excluding hydrogens is 350 g/mol. The van der Waals surface area contributed by atoms with Crippen molar-refractivity contribution in [2.75, 3.05) is 13.1 Å². The summed E-state index contributed by atoms with van der Waals surface area (Å²) in [7, 11) is -4.48. The highest BCUT2D eigenvalue weighted by atomic mass is 32.2. The second kappa shape index (κ2) is 5.64. The molecule has 1 fully saturated rings. The van der Waals surface area contributed by atoms with Gasteiger partial charge in [0.2, 0.25) is 10.0 Å². The molecule has 0 bridgehead atoms. The van der Waals surface area contributed by atoms with E-state index in [0.29, 0.717) is 0 Å². The van der Waals surface area contributed by atoms with E-state index in [-0.39, 0.29) is 37.7 Å². The number of sulfonamides is 1. The van der Waals surface area contributed by atoms with Gasteiger partial charge in [-0.25, -0.2) is 8.42 Å². The molecule has 1 aliphatic heterocycles. The highest BCUT2D eigenvalue weighted by Gasteiger charge is 2.40. The van der Waals surface area contributed by atoms with Crippen LogP contribution in [0.4, 0.5) is 26.3 Å². The van der Waals surface area contributed by atoms with Crippen LogP contribution >= 0.6 is 0 Å². The van der Waals surface area contributed by atoms with E-state index >= 15 is 0 Å². The van der Waals surface area contributed by atoms with Crippen LogP contribution in [0.3, 0.4) is 0 Å². The average molecular weight is 362 g/mol. The van der Waals surface area contributed by atoms with Crippen molar-refractivity contribution in [1.29, 1.82) is 0 Å². The Morgan fingerprint density at radius 1 is 1.00 bits per heavy atom. The summed E-state index contributed by atoms with van der Waals surface area (Å²) >= 11 is 0. The Kier molecular flexibility index (Phi) is 4.41. The standard InChI is InChI=1S/C12H12F6N2O2S/c13-11(14,15)7-3-8(12(16,17)18)5-10(4-7)23(21,22)20-2-1-9(19)6-20/h3-5,9H,1-2,6,19H2/t9-/m0/s1. The first-order chi connectivity index (χ1) is 10.3. The summed E-state index contributed by atoms with van der Waals surface area (Å²) in [5.41, 5.74) is 2.19.